The number of carboxylic acids is 2. The van der Waals surface area contributed by atoms with Crippen molar-refractivity contribution in [2.24, 2.45) is 0 Å². The van der Waals surface area contributed by atoms with Gasteiger partial charge in [-0.25, -0.2) is 24.6 Å². The number of nitriles is 2. The van der Waals surface area contributed by atoms with Crippen LogP contribution in [0.2, 0.25) is 0 Å². The van der Waals surface area contributed by atoms with Crippen molar-refractivity contribution in [3.05, 3.63) is 162 Å². The van der Waals surface area contributed by atoms with Crippen LogP contribution in [0.4, 0.5) is 34.4 Å². The summed E-state index contributed by atoms with van der Waals surface area (Å²) in [5.74, 6) is -1.75. The van der Waals surface area contributed by atoms with Crippen molar-refractivity contribution in [1.82, 2.24) is 19.9 Å². The largest absolute Gasteiger partial charge is 0.483 e. The number of nitrogens with zero attached hydrogens (tertiary/aromatic N) is 7. The highest BCUT2D eigenvalue weighted by Gasteiger charge is 2.23. The van der Waals surface area contributed by atoms with E-state index in [0.717, 1.165) is 22.4 Å². The number of imidazole rings is 1. The molecule has 0 bridgehead atoms. The summed E-state index contributed by atoms with van der Waals surface area (Å²) >= 11 is 0. The zero-order valence-electron chi connectivity index (χ0n) is 44.7. The maximum atomic E-state index is 13.4. The van der Waals surface area contributed by atoms with Gasteiger partial charge in [0.15, 0.2) is 6.61 Å². The van der Waals surface area contributed by atoms with Gasteiger partial charge in [0.2, 0.25) is 0 Å². The third kappa shape index (κ3) is 24.3. The molecular formula is C57H64N12O14. The van der Waals surface area contributed by atoms with Crippen LogP contribution in [0.25, 0.3) is 11.0 Å². The van der Waals surface area contributed by atoms with Gasteiger partial charge in [-0.2, -0.15) is 10.5 Å². The number of amides is 2. The lowest BCUT2D eigenvalue weighted by Crippen LogP contribution is -2.34. The van der Waals surface area contributed by atoms with E-state index in [1.54, 1.807) is 142 Å². The number of pyridine rings is 2. The Hall–Kier alpha value is -11.0. The fraction of sp³-hybridized carbons (Fsp3) is 0.228. The molecular weight excluding hydrogens is 1080 g/mol. The van der Waals surface area contributed by atoms with E-state index >= 15 is 0 Å². The number of benzene rings is 4. The third-order valence-electron chi connectivity index (χ3n) is 10.5. The number of nitrogen functional groups attached to an aromatic ring is 1. The second kappa shape index (κ2) is 37.8. The number of aliphatic carboxylic acids is 2. The van der Waals surface area contributed by atoms with E-state index in [0.29, 0.717) is 64.2 Å². The molecule has 7 rings (SSSR count). The average molecular weight is 1140 g/mol. The summed E-state index contributed by atoms with van der Waals surface area (Å²) in [5, 5.41) is 56.5. The van der Waals surface area contributed by atoms with Crippen LogP contribution in [0.5, 0.6) is 0 Å². The molecule has 0 unspecified atom stereocenters. The van der Waals surface area contributed by atoms with Crippen LogP contribution in [0.15, 0.2) is 134 Å². The number of hydrogen-bond acceptors (Lipinski definition) is 20. The van der Waals surface area contributed by atoms with Crippen molar-refractivity contribution in [1.29, 1.82) is 10.5 Å². The second-order valence-corrected chi connectivity index (χ2v) is 16.1. The number of nitrogens with two attached hydrogens (primary N) is 1. The molecule has 10 N–H and O–H groups in total. The summed E-state index contributed by atoms with van der Waals surface area (Å²) in [6.07, 6.45) is 3.34. The number of aromatic nitrogens is 4. The lowest BCUT2D eigenvalue weighted by molar-refractivity contribution is -0.243. The number of fused-ring (bicyclic) bond motifs is 1. The van der Waals surface area contributed by atoms with Gasteiger partial charge in [0.05, 0.1) is 78.3 Å². The van der Waals surface area contributed by atoms with Crippen LogP contribution in [-0.4, -0.2) is 129 Å². The lowest BCUT2D eigenvalue weighted by Gasteiger charge is -2.22. The molecule has 0 saturated carbocycles. The molecule has 7 aromatic rings. The van der Waals surface area contributed by atoms with Crippen LogP contribution in [0.3, 0.4) is 0 Å². The van der Waals surface area contributed by atoms with Crippen molar-refractivity contribution < 1.29 is 68.5 Å². The highest BCUT2D eigenvalue weighted by atomic mass is 17.1. The first-order chi connectivity index (χ1) is 39.5. The summed E-state index contributed by atoms with van der Waals surface area (Å²) in [6, 6.07) is 38.6. The molecule has 3 aromatic heterocycles. The topological polar surface area (TPSA) is 399 Å². The Bertz CT molecular complexity index is 3240. The smallest absolute Gasteiger partial charge is 0.333 e. The summed E-state index contributed by atoms with van der Waals surface area (Å²) in [7, 11) is 1.76. The van der Waals surface area contributed by atoms with Gasteiger partial charge in [-0.15, -0.1) is 0 Å². The fourth-order valence-corrected chi connectivity index (χ4v) is 6.80. The van der Waals surface area contributed by atoms with E-state index in [1.807, 2.05) is 18.2 Å². The minimum Gasteiger partial charge on any atom is -0.483 e. The zero-order valence-corrected chi connectivity index (χ0v) is 44.7. The number of carbonyl (C=O) groups is 7. The summed E-state index contributed by atoms with van der Waals surface area (Å²) < 4.78 is 9.95. The highest BCUT2D eigenvalue weighted by molar-refractivity contribution is 6.08. The summed E-state index contributed by atoms with van der Waals surface area (Å²) in [5.41, 5.74) is 12.2. The molecule has 3 heterocycles. The van der Waals surface area contributed by atoms with Gasteiger partial charge in [0.1, 0.15) is 24.0 Å². The van der Waals surface area contributed by atoms with Crippen LogP contribution in [0.1, 0.15) is 71.8 Å². The minimum atomic E-state index is -1.18. The second-order valence-electron chi connectivity index (χ2n) is 16.1. The standard InChI is InChI=1S/C26H24N6O3.C18H22N4O3.C9H8N2O2.C2H4O4.CH2O2.CH4/c1-2-35-25(33)12-14-32(24-5-3-4-13-28-24)26(34)19-8-11-21-22(15-19)31-23(30-21)17-29-20-9-6-18(16-27)7-10-20;1-3-25-17(23)9-11-22(16-6-4-5-10-21-16)18(24)13-7-8-15(20-2)14(19)12-13;10-5-7-1-3-8(4-2-7)11-6-9(12)13;3-2(4)1-6-5;2-1-3;/h3-11,13,15,29H,2,12,14,17H2,1H3,(H,30,31);4-8,10,12,20H,3,9,11,19H2,1-2H3;1-4,11H,6H2,(H,12,13);5H,1H2,(H,3,4);1H,(H,2,3);1H4. The van der Waals surface area contributed by atoms with Crippen LogP contribution in [0, 0.1) is 22.7 Å². The fourth-order valence-electron chi connectivity index (χ4n) is 6.80. The highest BCUT2D eigenvalue weighted by Crippen LogP contribution is 2.23. The number of hydrogen-bond donors (Lipinski definition) is 9. The van der Waals surface area contributed by atoms with Crippen molar-refractivity contribution >= 4 is 87.6 Å². The molecule has 26 heteroatoms. The number of carboxylic acid groups (broad SMARTS) is 3. The number of aromatic amines is 1. The average Bonchev–Trinajstić information content (AvgIpc) is 4.09. The van der Waals surface area contributed by atoms with Crippen molar-refractivity contribution in [2.75, 3.05) is 78.0 Å². The van der Waals surface area contributed by atoms with Crippen molar-refractivity contribution in [2.45, 2.75) is 40.7 Å². The molecule has 0 aliphatic carbocycles. The Morgan fingerprint density at radius 2 is 1.18 bits per heavy atom. The van der Waals surface area contributed by atoms with E-state index < -0.39 is 18.5 Å². The van der Waals surface area contributed by atoms with Gasteiger partial charge in [-0.05, 0) is 123 Å². The minimum absolute atomic E-state index is 0. The molecule has 0 radical (unpaired) electrons. The molecule has 0 aliphatic rings. The Balaban J connectivity index is 0.000000424. The first-order valence-electron chi connectivity index (χ1n) is 24.6. The quantitative estimate of drug-likeness (QED) is 0.0112. The molecule has 436 valence electrons. The van der Waals surface area contributed by atoms with E-state index in [-0.39, 0.29) is 76.7 Å². The Morgan fingerprint density at radius 1 is 0.699 bits per heavy atom. The maximum absolute atomic E-state index is 13.4. The predicted molar refractivity (Wildman–Crippen MR) is 308 cm³/mol. The first kappa shape index (κ1) is 68.1. The van der Waals surface area contributed by atoms with Crippen LogP contribution in [-0.2, 0) is 44.9 Å². The van der Waals surface area contributed by atoms with Crippen LogP contribution >= 0.6 is 0 Å². The lowest BCUT2D eigenvalue weighted by atomic mass is 10.1. The Morgan fingerprint density at radius 3 is 1.58 bits per heavy atom. The first-order valence-corrected chi connectivity index (χ1v) is 24.6. The molecule has 4 aromatic carbocycles. The SMILES string of the molecule is C.CCOC(=O)CCN(C(=O)c1ccc(NC)c(N)c1)c1ccccn1.CCOC(=O)CCN(C(=O)c1ccc2nc(CNc3ccc(C#N)cc3)[nH]c2c1)c1ccccn1.N#Cc1ccc(NCC(=O)O)cc1.O=C(O)COO.O=CO. The number of carbonyl (C=O) groups excluding carboxylic acids is 4. The van der Waals surface area contributed by atoms with E-state index in [2.05, 4.69) is 46.8 Å². The molecule has 0 spiro atoms. The molecule has 2 amide bonds. The molecule has 0 fully saturated rings. The molecule has 0 atom stereocenters. The van der Waals surface area contributed by atoms with E-state index in [4.69, 9.17) is 51.1 Å². The zero-order chi connectivity index (χ0) is 60.2. The number of nitrogens with one attached hydrogen (secondary N) is 4. The number of ether oxygens (including phenoxy) is 2. The van der Waals surface area contributed by atoms with Crippen molar-refractivity contribution in [3.8, 4) is 12.1 Å². The maximum Gasteiger partial charge on any atom is 0.333 e. The van der Waals surface area contributed by atoms with Gasteiger partial charge < -0.3 is 51.5 Å². The third-order valence-corrected chi connectivity index (χ3v) is 10.5. The Labute approximate surface area is 477 Å². The molecule has 83 heavy (non-hydrogen) atoms. The molecule has 0 aliphatic heterocycles. The van der Waals surface area contributed by atoms with Gasteiger partial charge >= 0.3 is 23.9 Å². The number of anilines is 6. The van der Waals surface area contributed by atoms with Gasteiger partial charge in [0.25, 0.3) is 18.3 Å². The van der Waals surface area contributed by atoms with E-state index in [9.17, 15) is 28.8 Å². The van der Waals surface area contributed by atoms with E-state index in [1.165, 1.54) is 9.80 Å². The number of esters is 2. The summed E-state index contributed by atoms with van der Waals surface area (Å²) in [6.45, 7) is 3.82. The van der Waals surface area contributed by atoms with Gasteiger partial charge in [-0.3, -0.25) is 43.8 Å². The molecule has 26 nitrogen and oxygen atoms in total. The van der Waals surface area contributed by atoms with Crippen molar-refractivity contribution in [3.63, 3.8) is 0 Å². The number of rotatable bonds is 21. The molecule has 0 saturated heterocycles. The van der Waals surface area contributed by atoms with Gasteiger partial charge in [-0.1, -0.05) is 19.6 Å². The van der Waals surface area contributed by atoms with Crippen LogP contribution < -0.4 is 31.5 Å². The van der Waals surface area contributed by atoms with Gasteiger partial charge in [0, 0.05) is 55.0 Å². The summed E-state index contributed by atoms with van der Waals surface area (Å²) in [4.78, 5) is 100. The number of H-pyrrole nitrogens is 1. The Kier molecular flexibility index (Phi) is 31.0. The monoisotopic (exact) mass is 1140 g/mol. The normalized spacial score (nSPS) is 9.61. The predicted octanol–water partition coefficient (Wildman–Crippen LogP) is 7.30.